The molecule has 32 heavy (non-hydrogen) atoms. The number of benzene rings is 3. The Morgan fingerprint density at radius 1 is 0.812 bits per heavy atom. The lowest BCUT2D eigenvalue weighted by Crippen LogP contribution is -2.13. The van der Waals surface area contributed by atoms with Gasteiger partial charge in [0.25, 0.3) is 0 Å². The first-order valence-corrected chi connectivity index (χ1v) is 10.5. The van der Waals surface area contributed by atoms with Crippen molar-refractivity contribution in [1.29, 1.82) is 0 Å². The van der Waals surface area contributed by atoms with Crippen molar-refractivity contribution in [3.8, 4) is 17.2 Å². The van der Waals surface area contributed by atoms with Crippen molar-refractivity contribution in [2.75, 3.05) is 7.11 Å². The molecule has 7 heteroatoms. The molecule has 164 valence electrons. The molecule has 0 radical (unpaired) electrons. The molecule has 0 saturated heterocycles. The van der Waals surface area contributed by atoms with Crippen molar-refractivity contribution in [3.63, 3.8) is 0 Å². The lowest BCUT2D eigenvalue weighted by Gasteiger charge is -2.13. The summed E-state index contributed by atoms with van der Waals surface area (Å²) in [6.45, 7) is 5.90. The second-order valence-corrected chi connectivity index (χ2v) is 7.71. The minimum Gasteiger partial charge on any atom is -0.493 e. The van der Waals surface area contributed by atoms with E-state index in [2.05, 4.69) is 52.0 Å². The molecule has 0 aliphatic carbocycles. The molecule has 0 fully saturated rings. The first-order chi connectivity index (χ1) is 15.6. The number of nitrogens with one attached hydrogen (secondary N) is 1. The predicted molar refractivity (Wildman–Crippen MR) is 123 cm³/mol. The van der Waals surface area contributed by atoms with Crippen LogP contribution in [0.1, 0.15) is 28.1 Å². The van der Waals surface area contributed by atoms with Crippen LogP contribution in [0.15, 0.2) is 66.7 Å². The van der Waals surface area contributed by atoms with Crippen LogP contribution in [0.5, 0.6) is 11.5 Å². The van der Waals surface area contributed by atoms with Crippen molar-refractivity contribution in [2.24, 2.45) is 0 Å². The maximum absolute atomic E-state index is 5.99. The number of ether oxygens (including phenoxy) is 2. The summed E-state index contributed by atoms with van der Waals surface area (Å²) in [6.07, 6.45) is 0. The number of methoxy groups -OCH3 is 1. The highest BCUT2D eigenvalue weighted by Gasteiger charge is 2.12. The van der Waals surface area contributed by atoms with E-state index in [1.54, 1.807) is 11.8 Å². The van der Waals surface area contributed by atoms with Crippen LogP contribution in [0.4, 0.5) is 0 Å². The van der Waals surface area contributed by atoms with Gasteiger partial charge in [-0.2, -0.15) is 4.68 Å². The minimum atomic E-state index is 0.224. The first kappa shape index (κ1) is 21.5. The van der Waals surface area contributed by atoms with Gasteiger partial charge < -0.3 is 14.8 Å². The molecule has 0 atom stereocenters. The standard InChI is InChI=1S/C25H27N5O2/c1-18-4-8-20(9-5-18)15-26-16-21-10-13-23(24(14-21)31-3)32-17-25-27-28-29-30(25)22-11-6-19(2)7-12-22/h4-14,26H,15-17H2,1-3H3. The van der Waals surface area contributed by atoms with Crippen molar-refractivity contribution in [3.05, 3.63) is 94.8 Å². The van der Waals surface area contributed by atoms with Gasteiger partial charge in [0, 0.05) is 13.1 Å². The van der Waals surface area contributed by atoms with Gasteiger partial charge in [0.2, 0.25) is 0 Å². The number of aryl methyl sites for hydroxylation is 2. The van der Waals surface area contributed by atoms with Crippen LogP contribution in [-0.4, -0.2) is 27.3 Å². The van der Waals surface area contributed by atoms with E-state index in [0.29, 0.717) is 17.3 Å². The summed E-state index contributed by atoms with van der Waals surface area (Å²) in [5.41, 5.74) is 5.71. The van der Waals surface area contributed by atoms with E-state index < -0.39 is 0 Å². The zero-order chi connectivity index (χ0) is 22.3. The Hall–Kier alpha value is -3.71. The Labute approximate surface area is 188 Å². The molecule has 0 aliphatic rings. The molecule has 0 saturated carbocycles. The fourth-order valence-corrected chi connectivity index (χ4v) is 3.32. The van der Waals surface area contributed by atoms with E-state index in [4.69, 9.17) is 9.47 Å². The van der Waals surface area contributed by atoms with Gasteiger partial charge in [-0.1, -0.05) is 53.6 Å². The van der Waals surface area contributed by atoms with E-state index in [9.17, 15) is 0 Å². The quantitative estimate of drug-likeness (QED) is 0.431. The molecule has 3 aromatic carbocycles. The van der Waals surface area contributed by atoms with Crippen molar-refractivity contribution in [2.45, 2.75) is 33.5 Å². The van der Waals surface area contributed by atoms with Crippen molar-refractivity contribution < 1.29 is 9.47 Å². The lowest BCUT2D eigenvalue weighted by atomic mass is 10.1. The van der Waals surface area contributed by atoms with Gasteiger partial charge in [-0.05, 0) is 59.7 Å². The van der Waals surface area contributed by atoms with Crippen LogP contribution in [0, 0.1) is 13.8 Å². The molecule has 4 aromatic rings. The van der Waals surface area contributed by atoms with E-state index in [0.717, 1.165) is 24.3 Å². The van der Waals surface area contributed by atoms with Gasteiger partial charge >= 0.3 is 0 Å². The lowest BCUT2D eigenvalue weighted by molar-refractivity contribution is 0.273. The van der Waals surface area contributed by atoms with Gasteiger partial charge in [0.05, 0.1) is 12.8 Å². The van der Waals surface area contributed by atoms with E-state index >= 15 is 0 Å². The molecular formula is C25H27N5O2. The summed E-state index contributed by atoms with van der Waals surface area (Å²) in [6, 6.07) is 22.5. The zero-order valence-corrected chi connectivity index (χ0v) is 18.6. The molecule has 1 aromatic heterocycles. The Morgan fingerprint density at radius 3 is 2.19 bits per heavy atom. The highest BCUT2D eigenvalue weighted by atomic mass is 16.5. The second-order valence-electron chi connectivity index (χ2n) is 7.71. The Balaban J connectivity index is 1.38. The molecule has 1 heterocycles. The summed E-state index contributed by atoms with van der Waals surface area (Å²) in [5.74, 6) is 1.93. The molecule has 0 bridgehead atoms. The van der Waals surface area contributed by atoms with E-state index in [-0.39, 0.29) is 6.61 Å². The smallest absolute Gasteiger partial charge is 0.194 e. The van der Waals surface area contributed by atoms with Crippen molar-refractivity contribution in [1.82, 2.24) is 25.5 Å². The van der Waals surface area contributed by atoms with Crippen LogP contribution in [0.3, 0.4) is 0 Å². The SMILES string of the molecule is COc1cc(CNCc2ccc(C)cc2)ccc1OCc1nnnn1-c1ccc(C)cc1. The molecule has 0 amide bonds. The largest absolute Gasteiger partial charge is 0.493 e. The summed E-state index contributed by atoms with van der Waals surface area (Å²) >= 11 is 0. The van der Waals surface area contributed by atoms with Gasteiger partial charge in [-0.15, -0.1) is 5.10 Å². The van der Waals surface area contributed by atoms with Gasteiger partial charge in [-0.3, -0.25) is 0 Å². The third kappa shape index (κ3) is 5.31. The third-order valence-electron chi connectivity index (χ3n) is 5.18. The highest BCUT2D eigenvalue weighted by molar-refractivity contribution is 5.43. The fourth-order valence-electron chi connectivity index (χ4n) is 3.32. The number of hydrogen-bond acceptors (Lipinski definition) is 6. The Kier molecular flexibility index (Phi) is 6.77. The van der Waals surface area contributed by atoms with E-state index in [1.807, 2.05) is 49.4 Å². The van der Waals surface area contributed by atoms with Gasteiger partial charge in [0.15, 0.2) is 23.9 Å². The van der Waals surface area contributed by atoms with Crippen LogP contribution in [-0.2, 0) is 19.7 Å². The van der Waals surface area contributed by atoms with Crippen molar-refractivity contribution >= 4 is 0 Å². The van der Waals surface area contributed by atoms with Gasteiger partial charge in [-0.25, -0.2) is 0 Å². The first-order valence-electron chi connectivity index (χ1n) is 10.5. The molecule has 7 nitrogen and oxygen atoms in total. The van der Waals surface area contributed by atoms with Crippen LogP contribution in [0.25, 0.3) is 5.69 Å². The molecule has 0 spiro atoms. The summed E-state index contributed by atoms with van der Waals surface area (Å²) < 4.78 is 13.2. The maximum Gasteiger partial charge on any atom is 0.194 e. The van der Waals surface area contributed by atoms with Crippen LogP contribution >= 0.6 is 0 Å². The average molecular weight is 430 g/mol. The maximum atomic E-state index is 5.99. The number of tetrazole rings is 1. The molecule has 1 N–H and O–H groups in total. The van der Waals surface area contributed by atoms with Gasteiger partial charge in [0.1, 0.15) is 0 Å². The van der Waals surface area contributed by atoms with Crippen LogP contribution < -0.4 is 14.8 Å². The minimum absolute atomic E-state index is 0.224. The Morgan fingerprint density at radius 2 is 1.47 bits per heavy atom. The van der Waals surface area contributed by atoms with E-state index in [1.165, 1.54) is 16.7 Å². The predicted octanol–water partition coefficient (Wildman–Crippen LogP) is 4.16. The molecule has 4 rings (SSSR count). The number of aromatic nitrogens is 4. The van der Waals surface area contributed by atoms with Crippen LogP contribution in [0.2, 0.25) is 0 Å². The average Bonchev–Trinajstić information content (AvgIpc) is 3.28. The zero-order valence-electron chi connectivity index (χ0n) is 18.6. The second kappa shape index (κ2) is 10.1. The number of nitrogens with zero attached hydrogens (tertiary/aromatic N) is 4. The molecule has 0 unspecified atom stereocenters. The number of rotatable bonds is 9. The topological polar surface area (TPSA) is 74.1 Å². The molecular weight excluding hydrogens is 402 g/mol. The Bertz CT molecular complexity index is 1150. The number of hydrogen-bond donors (Lipinski definition) is 1. The summed E-state index contributed by atoms with van der Waals surface area (Å²) in [7, 11) is 1.64. The highest BCUT2D eigenvalue weighted by Crippen LogP contribution is 2.29. The monoisotopic (exact) mass is 429 g/mol. The third-order valence-corrected chi connectivity index (χ3v) is 5.18. The molecule has 0 aliphatic heterocycles. The summed E-state index contributed by atoms with van der Waals surface area (Å²) in [5, 5.41) is 15.5. The fraction of sp³-hybridized carbons (Fsp3) is 0.240. The normalized spacial score (nSPS) is 10.8. The summed E-state index contributed by atoms with van der Waals surface area (Å²) in [4.78, 5) is 0.